The Bertz CT molecular complexity index is 773. The second-order valence-corrected chi connectivity index (χ2v) is 7.42. The zero-order valence-corrected chi connectivity index (χ0v) is 15.2. The largest absolute Gasteiger partial charge is 0.480 e. The maximum absolute atomic E-state index is 12.5. The van der Waals surface area contributed by atoms with E-state index in [1.54, 1.807) is 30.3 Å². The molecule has 4 N–H and O–H groups in total. The summed E-state index contributed by atoms with van der Waals surface area (Å²) in [6.07, 6.45) is -0.937. The number of nitrogens with one attached hydrogen (secondary N) is 1. The molecule has 2 aliphatic rings. The van der Waals surface area contributed by atoms with E-state index in [1.807, 2.05) is 0 Å². The number of hydrogen-bond acceptors (Lipinski definition) is 7. The van der Waals surface area contributed by atoms with Crippen molar-refractivity contribution >= 4 is 35.5 Å². The number of carboxylic acids is 1. The third-order valence-electron chi connectivity index (χ3n) is 4.47. The predicted octanol–water partition coefficient (Wildman–Crippen LogP) is -0.529. The molecule has 144 valence electrons. The van der Waals surface area contributed by atoms with Crippen molar-refractivity contribution in [3.8, 4) is 0 Å². The lowest BCUT2D eigenvalue weighted by Crippen LogP contribution is -2.77. The Kier molecular flexibility index (Phi) is 5.38. The maximum atomic E-state index is 12.5. The third-order valence-corrected chi connectivity index (χ3v) is 5.83. The first-order chi connectivity index (χ1) is 12.8. The van der Waals surface area contributed by atoms with Crippen LogP contribution in [0.1, 0.15) is 18.5 Å². The summed E-state index contributed by atoms with van der Waals surface area (Å²) in [5.41, 5.74) is 6.54. The number of hydrogen-bond donors (Lipinski definition) is 3. The van der Waals surface area contributed by atoms with Gasteiger partial charge in [-0.2, -0.15) is 0 Å². The van der Waals surface area contributed by atoms with Crippen molar-refractivity contribution in [2.24, 2.45) is 5.73 Å². The fraction of sp³-hybridized carbons (Fsp3) is 0.412. The van der Waals surface area contributed by atoms with E-state index in [0.29, 0.717) is 5.56 Å². The number of benzene rings is 1. The molecule has 0 aliphatic carbocycles. The second-order valence-electron chi connectivity index (χ2n) is 6.27. The van der Waals surface area contributed by atoms with Crippen molar-refractivity contribution in [1.29, 1.82) is 0 Å². The summed E-state index contributed by atoms with van der Waals surface area (Å²) in [6.45, 7) is 1.18. The molecular weight excluding hydrogens is 374 g/mol. The van der Waals surface area contributed by atoms with Crippen molar-refractivity contribution < 1.29 is 29.0 Å². The zero-order chi connectivity index (χ0) is 19.7. The molecule has 1 aromatic rings. The summed E-state index contributed by atoms with van der Waals surface area (Å²) >= 11 is 1.25. The minimum absolute atomic E-state index is 0.210. The Hall–Kier alpha value is -2.59. The number of fused-ring (bicyclic) bond motifs is 1. The summed E-state index contributed by atoms with van der Waals surface area (Å²) in [4.78, 5) is 48.8. The number of esters is 1. The van der Waals surface area contributed by atoms with Gasteiger partial charge in [-0.3, -0.25) is 14.4 Å². The number of aliphatic carboxylic acids is 1. The second kappa shape index (κ2) is 7.57. The Labute approximate surface area is 159 Å². The fourth-order valence-corrected chi connectivity index (χ4v) is 4.61. The van der Waals surface area contributed by atoms with Crippen LogP contribution in [0.2, 0.25) is 0 Å². The molecule has 2 heterocycles. The lowest BCUT2D eigenvalue weighted by atomic mass is 9.98. The van der Waals surface area contributed by atoms with E-state index in [4.69, 9.17) is 10.5 Å². The molecule has 1 aromatic carbocycles. The number of carboxylic acid groups (broad SMARTS) is 1. The van der Waals surface area contributed by atoms with Gasteiger partial charge in [-0.15, -0.1) is 11.8 Å². The van der Waals surface area contributed by atoms with Gasteiger partial charge in [0.05, 0.1) is 0 Å². The molecule has 3 rings (SSSR count). The highest BCUT2D eigenvalue weighted by atomic mass is 32.2. The number of carbonyl (C=O) groups excluding carboxylic acids is 3. The number of β-lactam (4-membered cyclic amide) rings is 1. The minimum Gasteiger partial charge on any atom is -0.480 e. The molecule has 10 heteroatoms. The van der Waals surface area contributed by atoms with Crippen LogP contribution in [0.3, 0.4) is 0 Å². The van der Waals surface area contributed by atoms with Crippen molar-refractivity contribution in [3.63, 3.8) is 0 Å². The van der Waals surface area contributed by atoms with E-state index < -0.39 is 53.4 Å². The first-order valence-electron chi connectivity index (χ1n) is 8.26. The van der Waals surface area contributed by atoms with Crippen molar-refractivity contribution in [2.45, 2.75) is 36.5 Å². The van der Waals surface area contributed by atoms with Gasteiger partial charge >= 0.3 is 11.9 Å². The molecule has 2 fully saturated rings. The van der Waals surface area contributed by atoms with Crippen LogP contribution in [0.25, 0.3) is 0 Å². The monoisotopic (exact) mass is 393 g/mol. The van der Waals surface area contributed by atoms with Crippen LogP contribution in [0.4, 0.5) is 0 Å². The molecule has 0 radical (unpaired) electrons. The lowest BCUT2D eigenvalue weighted by molar-refractivity contribution is -0.173. The molecule has 2 amide bonds. The van der Waals surface area contributed by atoms with Gasteiger partial charge in [-0.25, -0.2) is 4.79 Å². The Balaban J connectivity index is 1.69. The average molecular weight is 393 g/mol. The number of nitrogens with zero attached hydrogens (tertiary/aromatic N) is 1. The molecule has 9 nitrogen and oxygen atoms in total. The number of amides is 2. The van der Waals surface area contributed by atoms with Crippen molar-refractivity contribution in [1.82, 2.24) is 10.2 Å². The molecule has 0 bridgehead atoms. The number of rotatable bonds is 5. The third kappa shape index (κ3) is 3.62. The maximum Gasteiger partial charge on any atom is 0.330 e. The summed E-state index contributed by atoms with van der Waals surface area (Å²) in [5, 5.41) is 11.5. The van der Waals surface area contributed by atoms with Gasteiger partial charge in [0, 0.05) is 12.7 Å². The highest BCUT2D eigenvalue weighted by Crippen LogP contribution is 2.39. The van der Waals surface area contributed by atoms with Crippen LogP contribution >= 0.6 is 11.8 Å². The van der Waals surface area contributed by atoms with Crippen molar-refractivity contribution in [2.75, 3.05) is 5.75 Å². The summed E-state index contributed by atoms with van der Waals surface area (Å²) in [7, 11) is 0. The smallest absolute Gasteiger partial charge is 0.330 e. The molecule has 1 unspecified atom stereocenters. The van der Waals surface area contributed by atoms with E-state index in [-0.39, 0.29) is 5.75 Å². The van der Waals surface area contributed by atoms with E-state index in [9.17, 15) is 24.3 Å². The lowest BCUT2D eigenvalue weighted by Gasteiger charge is -2.53. The van der Waals surface area contributed by atoms with Crippen LogP contribution < -0.4 is 11.1 Å². The van der Waals surface area contributed by atoms with Crippen molar-refractivity contribution in [3.05, 3.63) is 35.9 Å². The van der Waals surface area contributed by atoms with Crippen LogP contribution in [-0.2, 0) is 23.9 Å². The van der Waals surface area contributed by atoms with Crippen LogP contribution in [0.15, 0.2) is 30.3 Å². The number of nitrogens with two attached hydrogens (primary N) is 1. The molecule has 5 atom stereocenters. The molecule has 0 saturated carbocycles. The van der Waals surface area contributed by atoms with Gasteiger partial charge in [-0.1, -0.05) is 30.3 Å². The number of carbonyl (C=O) groups is 4. The molecule has 2 saturated heterocycles. The summed E-state index contributed by atoms with van der Waals surface area (Å²) in [6, 6.07) is 5.64. The zero-order valence-electron chi connectivity index (χ0n) is 14.4. The highest BCUT2D eigenvalue weighted by molar-refractivity contribution is 8.00. The molecule has 0 aromatic heterocycles. The van der Waals surface area contributed by atoms with Crippen LogP contribution in [-0.4, -0.2) is 63.1 Å². The summed E-state index contributed by atoms with van der Waals surface area (Å²) in [5.74, 6) is -2.72. The Morgan fingerprint density at radius 1 is 1.33 bits per heavy atom. The van der Waals surface area contributed by atoms with Gasteiger partial charge < -0.3 is 25.8 Å². The topological polar surface area (TPSA) is 139 Å². The van der Waals surface area contributed by atoms with E-state index >= 15 is 0 Å². The minimum atomic E-state index is -1.27. The Morgan fingerprint density at radius 2 is 2.00 bits per heavy atom. The molecule has 27 heavy (non-hydrogen) atoms. The van der Waals surface area contributed by atoms with E-state index in [1.165, 1.54) is 18.7 Å². The number of ether oxygens (including phenoxy) is 1. The molecule has 0 spiro atoms. The SMILES string of the molecule is CC(=O)OC1CS[C@@H]2[C@H](NC(=O)[C@H](N)c3ccccc3)C(=O)N2[C@H]1C(=O)O. The number of thioether (sulfide) groups is 1. The molecule has 2 aliphatic heterocycles. The molecular formula is C17H19N3O6S. The normalized spacial score (nSPS) is 27.8. The van der Waals surface area contributed by atoms with Crippen LogP contribution in [0.5, 0.6) is 0 Å². The van der Waals surface area contributed by atoms with Gasteiger partial charge in [0.15, 0.2) is 6.04 Å². The average Bonchev–Trinajstić information content (AvgIpc) is 2.64. The fourth-order valence-electron chi connectivity index (χ4n) is 3.20. The van der Waals surface area contributed by atoms with Gasteiger partial charge in [0.2, 0.25) is 11.8 Å². The standard InChI is InChI=1S/C17H19N3O6S/c1-8(21)26-10-7-27-16-12(15(23)20(16)13(10)17(24)25)19-14(22)11(18)9-5-3-2-4-6-9/h2-6,10-13,16H,7,18H2,1H3,(H,19,22)(H,24,25)/t10?,11-,12-,13-,16-/m1/s1. The van der Waals surface area contributed by atoms with Gasteiger partial charge in [0.1, 0.15) is 23.6 Å². The quantitative estimate of drug-likeness (QED) is 0.448. The highest BCUT2D eigenvalue weighted by Gasteiger charge is 2.59. The first-order valence-corrected chi connectivity index (χ1v) is 9.31. The Morgan fingerprint density at radius 3 is 2.59 bits per heavy atom. The van der Waals surface area contributed by atoms with E-state index in [0.717, 1.165) is 4.90 Å². The van der Waals surface area contributed by atoms with Gasteiger partial charge in [-0.05, 0) is 5.56 Å². The predicted molar refractivity (Wildman–Crippen MR) is 95.4 cm³/mol. The van der Waals surface area contributed by atoms with Gasteiger partial charge in [0.25, 0.3) is 0 Å². The summed E-state index contributed by atoms with van der Waals surface area (Å²) < 4.78 is 5.04. The first kappa shape index (κ1) is 19.2. The van der Waals surface area contributed by atoms with E-state index in [2.05, 4.69) is 5.32 Å². The van der Waals surface area contributed by atoms with Crippen LogP contribution in [0, 0.1) is 0 Å².